The molecule has 1 aliphatic heterocycles. The molecule has 0 spiro atoms. The second kappa shape index (κ2) is 6.34. The second-order valence-corrected chi connectivity index (χ2v) is 8.94. The highest BCUT2D eigenvalue weighted by atomic mass is 79.9. The lowest BCUT2D eigenvalue weighted by molar-refractivity contribution is 0.0988. The Morgan fingerprint density at radius 2 is 1.74 bits per heavy atom. The van der Waals surface area contributed by atoms with Gasteiger partial charge in [-0.25, -0.2) is 0 Å². The van der Waals surface area contributed by atoms with Crippen molar-refractivity contribution in [2.24, 2.45) is 0 Å². The van der Waals surface area contributed by atoms with Crippen molar-refractivity contribution in [3.8, 4) is 0 Å². The molecule has 4 nitrogen and oxygen atoms in total. The number of amides is 1. The van der Waals surface area contributed by atoms with Crippen molar-refractivity contribution in [2.45, 2.75) is 39.2 Å². The molecule has 0 bridgehead atoms. The van der Waals surface area contributed by atoms with E-state index >= 15 is 0 Å². The summed E-state index contributed by atoms with van der Waals surface area (Å²) >= 11 is 3.48. The van der Waals surface area contributed by atoms with Gasteiger partial charge in [-0.15, -0.1) is 0 Å². The minimum absolute atomic E-state index is 0.0627. The molecule has 2 heterocycles. The first kappa shape index (κ1) is 18.0. The highest BCUT2D eigenvalue weighted by Gasteiger charge is 2.45. The molecule has 27 heavy (non-hydrogen) atoms. The fourth-order valence-corrected chi connectivity index (χ4v) is 4.03. The van der Waals surface area contributed by atoms with Crippen LogP contribution in [0.15, 0.2) is 53.0 Å². The normalized spacial score (nSPS) is 16.7. The zero-order valence-electron chi connectivity index (χ0n) is 15.9. The van der Waals surface area contributed by atoms with Crippen LogP contribution in [0.3, 0.4) is 0 Å². The molecule has 0 aliphatic carbocycles. The second-order valence-electron chi connectivity index (χ2n) is 8.02. The van der Waals surface area contributed by atoms with Crippen LogP contribution in [0.5, 0.6) is 0 Å². The van der Waals surface area contributed by atoms with Gasteiger partial charge >= 0.3 is 0 Å². The lowest BCUT2D eigenvalue weighted by atomic mass is 9.85. The molecule has 0 radical (unpaired) electrons. The number of benzene rings is 2. The number of fused-ring (bicyclic) bond motifs is 1. The fourth-order valence-electron chi connectivity index (χ4n) is 3.77. The molecule has 1 aliphatic rings. The molecule has 0 fully saturated rings. The Kier molecular flexibility index (Phi) is 4.22. The molecule has 4 rings (SSSR count). The van der Waals surface area contributed by atoms with E-state index in [1.807, 2.05) is 41.3 Å². The summed E-state index contributed by atoms with van der Waals surface area (Å²) in [4.78, 5) is 15.2. The number of nitrogens with one attached hydrogen (secondary N) is 1. The third-order valence-corrected chi connectivity index (χ3v) is 5.62. The molecule has 1 atom stereocenters. The first-order chi connectivity index (χ1) is 12.8. The van der Waals surface area contributed by atoms with Crippen LogP contribution in [0.2, 0.25) is 0 Å². The van der Waals surface area contributed by atoms with Crippen LogP contribution in [0.4, 0.5) is 5.69 Å². The molecular weight excluding hydrogens is 402 g/mol. The van der Waals surface area contributed by atoms with Gasteiger partial charge in [0.25, 0.3) is 5.91 Å². The number of nitrogens with zero attached hydrogens (tertiary/aromatic N) is 2. The molecule has 1 unspecified atom stereocenters. The summed E-state index contributed by atoms with van der Waals surface area (Å²) in [5.41, 5.74) is 5.54. The van der Waals surface area contributed by atoms with Gasteiger partial charge < -0.3 is 0 Å². The molecule has 1 N–H and O–H groups in total. The van der Waals surface area contributed by atoms with E-state index in [4.69, 9.17) is 0 Å². The Balaban J connectivity index is 1.97. The Bertz CT molecular complexity index is 1010. The standard InChI is InChI=1S/C22H22BrN3O/c1-13-7-5-6-8-16(13)19-17-18(24-25-20(17)22(2,3)4)21(27)26(19)15-11-9-14(23)10-12-15/h5-12,19H,1-4H3,(H,24,25). The fraction of sp³-hybridized carbons (Fsp3) is 0.273. The summed E-state index contributed by atoms with van der Waals surface area (Å²) in [6.45, 7) is 8.52. The van der Waals surface area contributed by atoms with Gasteiger partial charge in [-0.2, -0.15) is 5.10 Å². The van der Waals surface area contributed by atoms with Crippen LogP contribution in [0, 0.1) is 6.92 Å². The van der Waals surface area contributed by atoms with E-state index in [2.05, 4.69) is 66.0 Å². The van der Waals surface area contributed by atoms with E-state index in [0.717, 1.165) is 32.5 Å². The Hall–Kier alpha value is -2.40. The van der Waals surface area contributed by atoms with E-state index < -0.39 is 0 Å². The van der Waals surface area contributed by atoms with Crippen LogP contribution >= 0.6 is 15.9 Å². The number of aromatic nitrogens is 2. The average Bonchev–Trinajstić information content (AvgIpc) is 3.16. The zero-order valence-corrected chi connectivity index (χ0v) is 17.5. The minimum atomic E-state index is -0.192. The van der Waals surface area contributed by atoms with E-state index in [1.54, 1.807) is 0 Å². The maximum absolute atomic E-state index is 13.3. The number of hydrogen-bond acceptors (Lipinski definition) is 2. The van der Waals surface area contributed by atoms with Gasteiger partial charge in [0.15, 0.2) is 5.69 Å². The monoisotopic (exact) mass is 423 g/mol. The van der Waals surface area contributed by atoms with Gasteiger partial charge in [-0.1, -0.05) is 61.0 Å². The molecular formula is C22H22BrN3O. The highest BCUT2D eigenvalue weighted by molar-refractivity contribution is 9.10. The van der Waals surface area contributed by atoms with Gasteiger partial charge in [-0.3, -0.25) is 14.8 Å². The number of H-pyrrole nitrogens is 1. The summed E-state index contributed by atoms with van der Waals surface area (Å²) < 4.78 is 0.985. The zero-order chi connectivity index (χ0) is 19.3. The smallest absolute Gasteiger partial charge is 0.280 e. The van der Waals surface area contributed by atoms with Crippen LogP contribution in [-0.4, -0.2) is 16.1 Å². The summed E-state index contributed by atoms with van der Waals surface area (Å²) in [6.07, 6.45) is 0. The topological polar surface area (TPSA) is 49.0 Å². The van der Waals surface area contributed by atoms with E-state index in [1.165, 1.54) is 0 Å². The third kappa shape index (κ3) is 2.90. The average molecular weight is 424 g/mol. The van der Waals surface area contributed by atoms with Gasteiger partial charge in [-0.05, 0) is 42.3 Å². The van der Waals surface area contributed by atoms with Gasteiger partial charge in [0, 0.05) is 26.8 Å². The molecule has 0 saturated heterocycles. The summed E-state index contributed by atoms with van der Waals surface area (Å²) in [6, 6.07) is 15.9. The van der Waals surface area contributed by atoms with Crippen molar-refractivity contribution in [1.29, 1.82) is 0 Å². The Morgan fingerprint density at radius 3 is 2.37 bits per heavy atom. The Labute approximate surface area is 167 Å². The predicted octanol–water partition coefficient (Wildman–Crippen LogP) is 5.53. The van der Waals surface area contributed by atoms with Gasteiger partial charge in [0.1, 0.15) is 0 Å². The highest BCUT2D eigenvalue weighted by Crippen LogP contribution is 2.45. The summed E-state index contributed by atoms with van der Waals surface area (Å²) in [7, 11) is 0. The van der Waals surface area contributed by atoms with Gasteiger partial charge in [0.2, 0.25) is 0 Å². The number of carbonyl (C=O) groups is 1. The van der Waals surface area contributed by atoms with Crippen LogP contribution < -0.4 is 4.90 Å². The molecule has 1 amide bonds. The SMILES string of the molecule is Cc1ccccc1C1c2c(n[nH]c2C(C)(C)C)C(=O)N1c1ccc(Br)cc1. The molecule has 0 saturated carbocycles. The van der Waals surface area contributed by atoms with Crippen molar-refractivity contribution in [3.63, 3.8) is 0 Å². The molecule has 138 valence electrons. The van der Waals surface area contributed by atoms with Crippen LogP contribution in [0.1, 0.15) is 59.7 Å². The maximum Gasteiger partial charge on any atom is 0.280 e. The number of hydrogen-bond donors (Lipinski definition) is 1. The number of anilines is 1. The largest absolute Gasteiger partial charge is 0.295 e. The van der Waals surface area contributed by atoms with Crippen LogP contribution in [-0.2, 0) is 5.41 Å². The first-order valence-corrected chi connectivity index (χ1v) is 9.81. The molecule has 5 heteroatoms. The number of rotatable bonds is 2. The Morgan fingerprint density at radius 1 is 1.07 bits per heavy atom. The van der Waals surface area contributed by atoms with E-state index in [-0.39, 0.29) is 17.4 Å². The third-order valence-electron chi connectivity index (χ3n) is 5.09. The quantitative estimate of drug-likeness (QED) is 0.588. The lowest BCUT2D eigenvalue weighted by Crippen LogP contribution is -2.30. The van der Waals surface area contributed by atoms with Crippen molar-refractivity contribution in [1.82, 2.24) is 10.2 Å². The van der Waals surface area contributed by atoms with Crippen molar-refractivity contribution in [3.05, 3.63) is 81.1 Å². The lowest BCUT2D eigenvalue weighted by Gasteiger charge is -2.29. The van der Waals surface area contributed by atoms with E-state index in [9.17, 15) is 4.79 Å². The number of aryl methyl sites for hydroxylation is 1. The van der Waals surface area contributed by atoms with E-state index in [0.29, 0.717) is 5.69 Å². The van der Waals surface area contributed by atoms with Gasteiger partial charge in [0.05, 0.1) is 6.04 Å². The number of halogens is 1. The predicted molar refractivity (Wildman–Crippen MR) is 111 cm³/mol. The van der Waals surface area contributed by atoms with Crippen molar-refractivity contribution >= 4 is 27.5 Å². The molecule has 3 aromatic rings. The van der Waals surface area contributed by atoms with Crippen molar-refractivity contribution in [2.75, 3.05) is 4.90 Å². The summed E-state index contributed by atoms with van der Waals surface area (Å²) in [5, 5.41) is 7.56. The number of carbonyl (C=O) groups excluding carboxylic acids is 1. The maximum atomic E-state index is 13.3. The number of aromatic amines is 1. The molecule has 2 aromatic carbocycles. The minimum Gasteiger partial charge on any atom is -0.295 e. The summed E-state index contributed by atoms with van der Waals surface area (Å²) in [5.74, 6) is -0.0627. The van der Waals surface area contributed by atoms with Crippen molar-refractivity contribution < 1.29 is 4.79 Å². The molecule has 1 aromatic heterocycles. The van der Waals surface area contributed by atoms with Crippen LogP contribution in [0.25, 0.3) is 0 Å². The first-order valence-electron chi connectivity index (χ1n) is 9.02.